The molecule has 4 nitrogen and oxygen atoms in total. The summed E-state index contributed by atoms with van der Waals surface area (Å²) in [5.41, 5.74) is 0.526. The van der Waals surface area contributed by atoms with Crippen LogP contribution in [0, 0.1) is 11.3 Å². The van der Waals surface area contributed by atoms with Gasteiger partial charge >= 0.3 is 0 Å². The molecule has 1 fully saturated rings. The minimum absolute atomic E-state index is 0.270. The van der Waals surface area contributed by atoms with Gasteiger partial charge in [0.15, 0.2) is 11.2 Å². The van der Waals surface area contributed by atoms with Crippen LogP contribution in [-0.4, -0.2) is 17.6 Å². The van der Waals surface area contributed by atoms with E-state index in [9.17, 15) is 14.4 Å². The second-order valence-corrected chi connectivity index (χ2v) is 6.11. The van der Waals surface area contributed by atoms with Gasteiger partial charge in [-0.1, -0.05) is 54.6 Å². The topological polar surface area (TPSA) is 63.2 Å². The molecule has 110 valence electrons. The van der Waals surface area contributed by atoms with Gasteiger partial charge in [-0.2, -0.15) is 0 Å². The molecule has 2 aromatic rings. The number of rotatable bonds is 0. The number of carbonyl (C=O) groups excluding carboxylic acids is 3. The first-order valence-corrected chi connectivity index (χ1v) is 7.47. The molecule has 5 rings (SSSR count). The van der Waals surface area contributed by atoms with Gasteiger partial charge in [0.2, 0.25) is 11.8 Å². The second kappa shape index (κ2) is 3.84. The molecule has 2 aromatic carbocycles. The maximum Gasteiger partial charge on any atom is 0.246 e. The number of benzene rings is 2. The van der Waals surface area contributed by atoms with E-state index in [1.165, 1.54) is 0 Å². The van der Waals surface area contributed by atoms with E-state index in [2.05, 4.69) is 5.32 Å². The van der Waals surface area contributed by atoms with Crippen molar-refractivity contribution in [2.24, 2.45) is 11.3 Å². The fraction of sp³-hybridized carbons (Fsp3) is 0.105. The summed E-state index contributed by atoms with van der Waals surface area (Å²) in [5.74, 6) is -1.93. The van der Waals surface area contributed by atoms with Crippen molar-refractivity contribution in [2.75, 3.05) is 0 Å². The van der Waals surface area contributed by atoms with Gasteiger partial charge in [-0.3, -0.25) is 19.7 Å². The minimum Gasteiger partial charge on any atom is -0.295 e. The van der Waals surface area contributed by atoms with Crippen LogP contribution >= 0.6 is 0 Å². The summed E-state index contributed by atoms with van der Waals surface area (Å²) in [6.07, 6.45) is 5.19. The Bertz CT molecular complexity index is 1010. The summed E-state index contributed by atoms with van der Waals surface area (Å²) < 4.78 is 0. The lowest BCUT2D eigenvalue weighted by Crippen LogP contribution is -2.40. The van der Waals surface area contributed by atoms with E-state index in [0.29, 0.717) is 11.1 Å². The van der Waals surface area contributed by atoms with Crippen molar-refractivity contribution in [3.05, 3.63) is 65.8 Å². The standard InChI is InChI=1S/C19H11NO3/c21-16-15-11-5-2-1-4-10(11)8-9-12(15)13-6-3-7-14-17(22)20-18(23)19(13,14)16/h1-9,14H,(H,20,22,23). The van der Waals surface area contributed by atoms with Crippen LogP contribution in [0.5, 0.6) is 0 Å². The van der Waals surface area contributed by atoms with Crippen LogP contribution < -0.4 is 5.32 Å². The van der Waals surface area contributed by atoms with Crippen molar-refractivity contribution in [1.82, 2.24) is 5.32 Å². The Kier molecular flexibility index (Phi) is 2.09. The van der Waals surface area contributed by atoms with Crippen molar-refractivity contribution in [1.29, 1.82) is 0 Å². The molecule has 2 unspecified atom stereocenters. The predicted octanol–water partition coefficient (Wildman–Crippen LogP) is 2.25. The zero-order valence-corrected chi connectivity index (χ0v) is 12.0. The zero-order valence-electron chi connectivity index (χ0n) is 12.0. The smallest absolute Gasteiger partial charge is 0.246 e. The number of nitrogens with one attached hydrogen (secondary N) is 1. The van der Waals surface area contributed by atoms with E-state index < -0.39 is 23.1 Å². The summed E-state index contributed by atoms with van der Waals surface area (Å²) in [4.78, 5) is 38.1. The Labute approximate surface area is 131 Å². The third kappa shape index (κ3) is 1.22. The molecule has 1 N–H and O–H groups in total. The van der Waals surface area contributed by atoms with Crippen molar-refractivity contribution in [2.45, 2.75) is 0 Å². The quantitative estimate of drug-likeness (QED) is 0.599. The molecular weight excluding hydrogens is 290 g/mol. The Balaban J connectivity index is 1.92. The molecule has 1 aliphatic heterocycles. The van der Waals surface area contributed by atoms with E-state index >= 15 is 0 Å². The number of amides is 2. The number of Topliss-reactive ketones (excluding diaryl/α,β-unsaturated/α-hetero) is 1. The number of ketones is 1. The SMILES string of the molecule is O=C1NC(=O)C23C(=O)c4c(ccc5ccccc45)C2=CC=CC13. The van der Waals surface area contributed by atoms with Crippen LogP contribution in [0.3, 0.4) is 0 Å². The monoisotopic (exact) mass is 301 g/mol. The van der Waals surface area contributed by atoms with Gasteiger partial charge in [-0.25, -0.2) is 0 Å². The predicted molar refractivity (Wildman–Crippen MR) is 84.5 cm³/mol. The molecule has 2 aliphatic carbocycles. The van der Waals surface area contributed by atoms with Gasteiger partial charge < -0.3 is 0 Å². The molecule has 1 heterocycles. The molecular formula is C19H11NO3. The molecule has 4 heteroatoms. The number of hydrogen-bond donors (Lipinski definition) is 1. The number of imide groups is 1. The first kappa shape index (κ1) is 12.5. The van der Waals surface area contributed by atoms with E-state index in [4.69, 9.17) is 0 Å². The first-order valence-electron chi connectivity index (χ1n) is 7.47. The zero-order chi connectivity index (χ0) is 15.8. The van der Waals surface area contributed by atoms with Gasteiger partial charge in [0.25, 0.3) is 0 Å². The summed E-state index contributed by atoms with van der Waals surface area (Å²) >= 11 is 0. The highest BCUT2D eigenvalue weighted by molar-refractivity contribution is 6.37. The molecule has 23 heavy (non-hydrogen) atoms. The maximum absolute atomic E-state index is 13.3. The molecule has 1 spiro atoms. The van der Waals surface area contributed by atoms with Gasteiger partial charge in [0, 0.05) is 5.56 Å². The van der Waals surface area contributed by atoms with Crippen LogP contribution in [0.25, 0.3) is 16.3 Å². The largest absolute Gasteiger partial charge is 0.295 e. The third-order valence-electron chi connectivity index (χ3n) is 5.14. The van der Waals surface area contributed by atoms with Gasteiger partial charge in [0.05, 0.1) is 5.92 Å². The van der Waals surface area contributed by atoms with Gasteiger partial charge in [-0.05, 0) is 21.9 Å². The lowest BCUT2D eigenvalue weighted by Gasteiger charge is -2.27. The molecule has 1 saturated heterocycles. The van der Waals surface area contributed by atoms with Gasteiger partial charge in [0.1, 0.15) is 0 Å². The van der Waals surface area contributed by atoms with E-state index in [1.54, 1.807) is 18.2 Å². The first-order chi connectivity index (χ1) is 11.2. The second-order valence-electron chi connectivity index (χ2n) is 6.11. The normalized spacial score (nSPS) is 27.6. The average Bonchev–Trinajstić information content (AvgIpc) is 3.00. The number of fused-ring (bicyclic) bond motifs is 4. The molecule has 3 aliphatic rings. The lowest BCUT2D eigenvalue weighted by molar-refractivity contribution is -0.126. The van der Waals surface area contributed by atoms with Crippen LogP contribution in [0.15, 0.2) is 54.6 Å². The summed E-state index contributed by atoms with van der Waals surface area (Å²) in [5, 5.41) is 4.12. The molecule has 0 bridgehead atoms. The lowest BCUT2D eigenvalue weighted by atomic mass is 9.68. The van der Waals surface area contributed by atoms with Crippen LogP contribution in [0.4, 0.5) is 0 Å². The van der Waals surface area contributed by atoms with Crippen LogP contribution in [-0.2, 0) is 9.59 Å². The van der Waals surface area contributed by atoms with Gasteiger partial charge in [-0.15, -0.1) is 0 Å². The maximum atomic E-state index is 13.3. The Hall–Kier alpha value is -3.01. The highest BCUT2D eigenvalue weighted by Crippen LogP contribution is 2.56. The molecule has 0 saturated carbocycles. The summed E-state index contributed by atoms with van der Waals surface area (Å²) in [7, 11) is 0. The molecule has 0 aromatic heterocycles. The fourth-order valence-electron chi connectivity index (χ4n) is 4.15. The number of hydrogen-bond acceptors (Lipinski definition) is 3. The van der Waals surface area contributed by atoms with E-state index in [-0.39, 0.29) is 5.78 Å². The van der Waals surface area contributed by atoms with Crippen LogP contribution in [0.1, 0.15) is 15.9 Å². The Morgan fingerprint density at radius 3 is 2.70 bits per heavy atom. The third-order valence-corrected chi connectivity index (χ3v) is 5.14. The van der Waals surface area contributed by atoms with Crippen molar-refractivity contribution in [3.63, 3.8) is 0 Å². The van der Waals surface area contributed by atoms with Crippen molar-refractivity contribution >= 4 is 33.9 Å². The summed E-state index contributed by atoms with van der Waals surface area (Å²) in [6, 6.07) is 11.4. The fourth-order valence-corrected chi connectivity index (χ4v) is 4.15. The van der Waals surface area contributed by atoms with Crippen LogP contribution in [0.2, 0.25) is 0 Å². The number of carbonyl (C=O) groups is 3. The summed E-state index contributed by atoms with van der Waals surface area (Å²) in [6.45, 7) is 0. The molecule has 2 amide bonds. The highest BCUT2D eigenvalue weighted by atomic mass is 16.2. The van der Waals surface area contributed by atoms with E-state index in [0.717, 1.165) is 16.3 Å². The Morgan fingerprint density at radius 2 is 1.83 bits per heavy atom. The van der Waals surface area contributed by atoms with Crippen molar-refractivity contribution < 1.29 is 14.4 Å². The van der Waals surface area contributed by atoms with E-state index in [1.807, 2.05) is 36.4 Å². The Morgan fingerprint density at radius 1 is 1.00 bits per heavy atom. The molecule has 0 radical (unpaired) electrons. The average molecular weight is 301 g/mol. The molecule has 2 atom stereocenters. The van der Waals surface area contributed by atoms with Crippen molar-refractivity contribution in [3.8, 4) is 0 Å². The minimum atomic E-state index is -1.42. The number of allylic oxidation sites excluding steroid dienone is 2. The highest BCUT2D eigenvalue weighted by Gasteiger charge is 2.66.